The smallest absolute Gasteiger partial charge is 0.345 e. The monoisotopic (exact) mass is 262 g/mol. The Morgan fingerprint density at radius 1 is 1.64 bits per heavy atom. The van der Waals surface area contributed by atoms with E-state index in [-0.39, 0.29) is 11.3 Å². The van der Waals surface area contributed by atoms with E-state index in [1.54, 1.807) is 0 Å². The molecule has 0 spiro atoms. The molecule has 0 aliphatic carbocycles. The summed E-state index contributed by atoms with van der Waals surface area (Å²) in [6.45, 7) is 0. The predicted octanol–water partition coefficient (Wildman–Crippen LogP) is 2.34. The molecular weight excluding hydrogens is 255 g/mol. The first-order valence-electron chi connectivity index (χ1n) is 3.76. The summed E-state index contributed by atoms with van der Waals surface area (Å²) in [7, 11) is 1.12. The van der Waals surface area contributed by atoms with Crippen LogP contribution in [0.25, 0.3) is 0 Å². The average Bonchev–Trinajstić information content (AvgIpc) is 2.20. The fourth-order valence-corrected chi connectivity index (χ4v) is 1.32. The van der Waals surface area contributed by atoms with Crippen LogP contribution in [0.15, 0.2) is 22.7 Å². The number of methoxy groups -OCH3 is 1. The topological polar surface area (TPSA) is 46.5 Å². The highest BCUT2D eigenvalue weighted by Crippen LogP contribution is 2.28. The number of esters is 1. The Morgan fingerprint density at radius 3 is 2.79 bits per heavy atom. The maximum Gasteiger partial charge on any atom is 0.345 e. The predicted molar refractivity (Wildman–Crippen MR) is 51.7 cm³/mol. The van der Waals surface area contributed by atoms with Gasteiger partial charge in [0.2, 0.25) is 6.17 Å². The lowest BCUT2D eigenvalue weighted by atomic mass is 10.1. The van der Waals surface area contributed by atoms with Crippen LogP contribution in [0.3, 0.4) is 0 Å². The number of benzene rings is 1. The fraction of sp³-hybridized carbons (Fsp3) is 0.222. The summed E-state index contributed by atoms with van der Waals surface area (Å²) < 4.78 is 17.8. The van der Waals surface area contributed by atoms with Gasteiger partial charge in [-0.2, -0.15) is 0 Å². The van der Waals surface area contributed by atoms with Gasteiger partial charge in [0, 0.05) is 0 Å². The van der Waals surface area contributed by atoms with Crippen LogP contribution in [-0.4, -0.2) is 18.2 Å². The molecule has 0 bridgehead atoms. The Hall–Kier alpha value is -1.10. The van der Waals surface area contributed by atoms with Crippen molar-refractivity contribution in [3.05, 3.63) is 28.2 Å². The molecule has 76 valence electrons. The summed E-state index contributed by atoms with van der Waals surface area (Å²) in [6, 6.07) is 3.95. The highest BCUT2D eigenvalue weighted by molar-refractivity contribution is 9.10. The number of alkyl halides is 1. The van der Waals surface area contributed by atoms with Gasteiger partial charge in [0.25, 0.3) is 0 Å². The van der Waals surface area contributed by atoms with E-state index in [2.05, 4.69) is 20.7 Å². The Kier molecular flexibility index (Phi) is 3.46. The van der Waals surface area contributed by atoms with Crippen molar-refractivity contribution < 1.29 is 19.0 Å². The quantitative estimate of drug-likeness (QED) is 0.833. The van der Waals surface area contributed by atoms with Crippen molar-refractivity contribution in [1.29, 1.82) is 0 Å². The van der Waals surface area contributed by atoms with Crippen molar-refractivity contribution in [2.45, 2.75) is 6.17 Å². The lowest BCUT2D eigenvalue weighted by Gasteiger charge is -2.07. The molecule has 3 nitrogen and oxygen atoms in total. The van der Waals surface area contributed by atoms with Crippen LogP contribution in [0.1, 0.15) is 11.7 Å². The number of aromatic hydroxyl groups is 1. The lowest BCUT2D eigenvalue weighted by Crippen LogP contribution is -2.09. The van der Waals surface area contributed by atoms with Gasteiger partial charge >= 0.3 is 5.97 Å². The molecule has 1 rings (SSSR count). The molecule has 0 aliphatic rings. The van der Waals surface area contributed by atoms with Gasteiger partial charge in [-0.05, 0) is 33.6 Å². The molecule has 1 N–H and O–H groups in total. The van der Waals surface area contributed by atoms with Crippen LogP contribution < -0.4 is 0 Å². The first-order chi connectivity index (χ1) is 6.56. The van der Waals surface area contributed by atoms with E-state index in [0.717, 1.165) is 7.11 Å². The van der Waals surface area contributed by atoms with Crippen LogP contribution >= 0.6 is 15.9 Å². The molecule has 1 aromatic rings. The molecule has 0 heterocycles. The fourth-order valence-electron chi connectivity index (χ4n) is 0.920. The van der Waals surface area contributed by atoms with Crippen molar-refractivity contribution in [3.8, 4) is 5.75 Å². The van der Waals surface area contributed by atoms with Gasteiger partial charge in [0.05, 0.1) is 11.6 Å². The number of phenols is 1. The molecule has 1 aromatic carbocycles. The molecule has 0 radical (unpaired) electrons. The van der Waals surface area contributed by atoms with Crippen LogP contribution in [0.2, 0.25) is 0 Å². The first-order valence-corrected chi connectivity index (χ1v) is 4.56. The largest absolute Gasteiger partial charge is 0.507 e. The molecule has 0 saturated heterocycles. The molecule has 0 saturated carbocycles. The number of halogens is 2. The SMILES string of the molecule is COC(=O)C(F)c1ccc(O)c(Br)c1. The highest BCUT2D eigenvalue weighted by atomic mass is 79.9. The molecule has 0 aromatic heterocycles. The third kappa shape index (κ3) is 2.23. The molecule has 5 heteroatoms. The van der Waals surface area contributed by atoms with Gasteiger partial charge in [-0.3, -0.25) is 0 Å². The minimum atomic E-state index is -1.82. The van der Waals surface area contributed by atoms with Gasteiger partial charge in [-0.1, -0.05) is 6.07 Å². The summed E-state index contributed by atoms with van der Waals surface area (Å²) in [5.41, 5.74) is 0.140. The number of carbonyl (C=O) groups is 1. The second-order valence-electron chi connectivity index (χ2n) is 2.60. The summed E-state index contributed by atoms with van der Waals surface area (Å²) in [5, 5.41) is 9.14. The second kappa shape index (κ2) is 4.41. The van der Waals surface area contributed by atoms with Gasteiger partial charge < -0.3 is 9.84 Å². The Balaban J connectivity index is 2.96. The third-order valence-corrected chi connectivity index (χ3v) is 2.31. The molecule has 0 aliphatic heterocycles. The van der Waals surface area contributed by atoms with Crippen molar-refractivity contribution in [1.82, 2.24) is 0 Å². The standard InChI is InChI=1S/C9H8BrFO3/c1-14-9(13)8(11)5-2-3-7(12)6(10)4-5/h2-4,8,12H,1H3. The van der Waals surface area contributed by atoms with Crippen molar-refractivity contribution >= 4 is 21.9 Å². The molecule has 0 amide bonds. The third-order valence-electron chi connectivity index (χ3n) is 1.67. The van der Waals surface area contributed by atoms with Crippen LogP contribution in [0, 0.1) is 0 Å². The van der Waals surface area contributed by atoms with Crippen molar-refractivity contribution in [3.63, 3.8) is 0 Å². The Morgan fingerprint density at radius 2 is 2.29 bits per heavy atom. The zero-order chi connectivity index (χ0) is 10.7. The molecule has 1 unspecified atom stereocenters. The first kappa shape index (κ1) is 11.0. The minimum Gasteiger partial charge on any atom is -0.507 e. The van der Waals surface area contributed by atoms with E-state index in [4.69, 9.17) is 5.11 Å². The number of hydrogen-bond donors (Lipinski definition) is 1. The normalized spacial score (nSPS) is 12.2. The Bertz CT molecular complexity index is 354. The zero-order valence-electron chi connectivity index (χ0n) is 7.33. The van der Waals surface area contributed by atoms with E-state index >= 15 is 0 Å². The summed E-state index contributed by atoms with van der Waals surface area (Å²) in [6.07, 6.45) is -1.82. The van der Waals surface area contributed by atoms with Gasteiger partial charge in [0.1, 0.15) is 5.75 Å². The maximum absolute atomic E-state index is 13.3. The number of phenolic OH excluding ortho intramolecular Hbond substituents is 1. The summed E-state index contributed by atoms with van der Waals surface area (Å²) in [5.74, 6) is -0.964. The van der Waals surface area contributed by atoms with Crippen molar-refractivity contribution in [2.75, 3.05) is 7.11 Å². The van der Waals surface area contributed by atoms with E-state index < -0.39 is 12.1 Å². The van der Waals surface area contributed by atoms with E-state index in [1.807, 2.05) is 0 Å². The number of hydrogen-bond acceptors (Lipinski definition) is 3. The highest BCUT2D eigenvalue weighted by Gasteiger charge is 2.20. The molecule has 1 atom stereocenters. The zero-order valence-corrected chi connectivity index (χ0v) is 8.92. The minimum absolute atomic E-state index is 0.00850. The number of carbonyl (C=O) groups excluding carboxylic acids is 1. The maximum atomic E-state index is 13.3. The molecule has 0 fully saturated rings. The van der Waals surface area contributed by atoms with Gasteiger partial charge in [-0.25, -0.2) is 9.18 Å². The van der Waals surface area contributed by atoms with Crippen LogP contribution in [0.5, 0.6) is 5.75 Å². The van der Waals surface area contributed by atoms with E-state index in [1.165, 1.54) is 18.2 Å². The molecular formula is C9H8BrFO3. The lowest BCUT2D eigenvalue weighted by molar-refractivity contribution is -0.146. The van der Waals surface area contributed by atoms with Gasteiger partial charge in [0.15, 0.2) is 0 Å². The van der Waals surface area contributed by atoms with E-state index in [9.17, 15) is 9.18 Å². The van der Waals surface area contributed by atoms with Crippen LogP contribution in [0.4, 0.5) is 4.39 Å². The second-order valence-corrected chi connectivity index (χ2v) is 3.45. The average molecular weight is 263 g/mol. The summed E-state index contributed by atoms with van der Waals surface area (Å²) in [4.78, 5) is 10.8. The Labute approximate surface area is 88.6 Å². The van der Waals surface area contributed by atoms with Crippen molar-refractivity contribution in [2.24, 2.45) is 0 Å². The number of rotatable bonds is 2. The summed E-state index contributed by atoms with van der Waals surface area (Å²) >= 11 is 3.02. The van der Waals surface area contributed by atoms with Gasteiger partial charge in [-0.15, -0.1) is 0 Å². The number of ether oxygens (including phenoxy) is 1. The van der Waals surface area contributed by atoms with E-state index in [0.29, 0.717) is 4.47 Å². The van der Waals surface area contributed by atoms with Crippen LogP contribution in [-0.2, 0) is 9.53 Å². The molecule has 14 heavy (non-hydrogen) atoms.